The van der Waals surface area contributed by atoms with Gasteiger partial charge in [-0.05, 0) is 25.5 Å². The van der Waals surface area contributed by atoms with Crippen LogP contribution in [0.3, 0.4) is 0 Å². The van der Waals surface area contributed by atoms with Gasteiger partial charge in [0.05, 0.1) is 22.0 Å². The monoisotopic (exact) mass is 365 g/mol. The Bertz CT molecular complexity index is 1090. The molecule has 27 heavy (non-hydrogen) atoms. The minimum absolute atomic E-state index is 0.0655. The minimum Gasteiger partial charge on any atom is -0.277 e. The number of fused-ring (bicyclic) bond motifs is 1. The molecule has 0 aliphatic rings. The Morgan fingerprint density at radius 3 is 2.74 bits per heavy atom. The Morgan fingerprint density at radius 2 is 2.04 bits per heavy atom. The summed E-state index contributed by atoms with van der Waals surface area (Å²) in [6.45, 7) is 4.15. The maximum atomic E-state index is 12.6. The molecule has 3 aromatic rings. The number of anilines is 1. The second-order valence-electron chi connectivity index (χ2n) is 5.87. The lowest BCUT2D eigenvalue weighted by Crippen LogP contribution is -2.23. The number of nitro benzene ring substituents is 1. The van der Waals surface area contributed by atoms with Crippen LogP contribution in [-0.4, -0.2) is 20.7 Å². The van der Waals surface area contributed by atoms with Crippen molar-refractivity contribution in [2.45, 2.75) is 26.8 Å². The summed E-state index contributed by atoms with van der Waals surface area (Å²) in [5.74, 6) is 0.317. The minimum atomic E-state index is -0.400. The molecule has 1 heterocycles. The number of hydrogen-bond donors (Lipinski definition) is 1. The van der Waals surface area contributed by atoms with Crippen molar-refractivity contribution in [2.24, 2.45) is 5.10 Å². The highest BCUT2D eigenvalue weighted by Crippen LogP contribution is 2.20. The maximum Gasteiger partial charge on any atom is 0.273 e. The molecule has 8 heteroatoms. The molecule has 0 fully saturated rings. The Hall–Kier alpha value is -3.55. The zero-order chi connectivity index (χ0) is 19.4. The lowest BCUT2D eigenvalue weighted by atomic mass is 10.1. The zero-order valence-electron chi connectivity index (χ0n) is 15.0. The van der Waals surface area contributed by atoms with Crippen molar-refractivity contribution >= 4 is 28.8 Å². The number of benzene rings is 2. The smallest absolute Gasteiger partial charge is 0.273 e. The highest BCUT2D eigenvalue weighted by atomic mass is 16.6. The van der Waals surface area contributed by atoms with Gasteiger partial charge in [-0.25, -0.2) is 10.4 Å². The van der Waals surface area contributed by atoms with E-state index >= 15 is 0 Å². The van der Waals surface area contributed by atoms with Gasteiger partial charge in [0.25, 0.3) is 11.2 Å². The summed E-state index contributed by atoms with van der Waals surface area (Å²) in [5, 5.41) is 15.8. The third kappa shape index (κ3) is 3.69. The van der Waals surface area contributed by atoms with Crippen molar-refractivity contribution < 1.29 is 4.92 Å². The molecule has 0 saturated heterocycles. The molecule has 8 nitrogen and oxygen atoms in total. The van der Waals surface area contributed by atoms with Gasteiger partial charge in [0.2, 0.25) is 5.95 Å². The molecule has 0 aliphatic carbocycles. The van der Waals surface area contributed by atoms with Crippen LogP contribution in [-0.2, 0) is 13.0 Å². The van der Waals surface area contributed by atoms with E-state index in [2.05, 4.69) is 15.5 Å². The normalized spacial score (nSPS) is 11.2. The molecule has 2 aromatic carbocycles. The van der Waals surface area contributed by atoms with E-state index in [1.54, 1.807) is 30.3 Å². The van der Waals surface area contributed by atoms with Gasteiger partial charge < -0.3 is 0 Å². The first-order valence-corrected chi connectivity index (χ1v) is 8.61. The number of nitrogens with one attached hydrogen (secondary N) is 1. The molecule has 1 aromatic heterocycles. The predicted octanol–water partition coefficient (Wildman–Crippen LogP) is 3.33. The average molecular weight is 365 g/mol. The van der Waals surface area contributed by atoms with Crippen molar-refractivity contribution in [3.8, 4) is 0 Å². The summed E-state index contributed by atoms with van der Waals surface area (Å²) in [4.78, 5) is 27.8. The predicted molar refractivity (Wildman–Crippen MR) is 105 cm³/mol. The summed E-state index contributed by atoms with van der Waals surface area (Å²) >= 11 is 0. The number of hydrogen-bond acceptors (Lipinski definition) is 6. The Morgan fingerprint density at radius 1 is 1.26 bits per heavy atom. The van der Waals surface area contributed by atoms with Crippen molar-refractivity contribution in [3.63, 3.8) is 0 Å². The van der Waals surface area contributed by atoms with E-state index in [-0.39, 0.29) is 11.2 Å². The van der Waals surface area contributed by atoms with Crippen molar-refractivity contribution in [3.05, 3.63) is 74.1 Å². The first kappa shape index (κ1) is 18.2. The molecule has 138 valence electrons. The van der Waals surface area contributed by atoms with Crippen LogP contribution in [0.5, 0.6) is 0 Å². The number of nitrogens with zero attached hydrogens (tertiary/aromatic N) is 4. The number of aryl methyl sites for hydroxylation is 1. The van der Waals surface area contributed by atoms with Gasteiger partial charge in [-0.15, -0.1) is 0 Å². The van der Waals surface area contributed by atoms with E-state index in [9.17, 15) is 14.9 Å². The SMILES string of the molecule is CCc1ccc(/C=N\Nc2nc3ccccc3c(=O)n2CC)cc1[N+](=O)[O-]. The number of hydrazone groups is 1. The molecular formula is C19H19N5O3. The molecule has 0 radical (unpaired) electrons. The summed E-state index contributed by atoms with van der Waals surface area (Å²) < 4.78 is 1.49. The Kier molecular flexibility index (Phi) is 5.25. The van der Waals surface area contributed by atoms with Crippen LogP contribution in [0.25, 0.3) is 10.9 Å². The fourth-order valence-corrected chi connectivity index (χ4v) is 2.84. The third-order valence-corrected chi connectivity index (χ3v) is 4.24. The molecule has 0 amide bonds. The summed E-state index contributed by atoms with van der Waals surface area (Å²) in [5.41, 5.74) is 4.52. The van der Waals surface area contributed by atoms with E-state index in [0.29, 0.717) is 40.9 Å². The van der Waals surface area contributed by atoms with E-state index in [1.807, 2.05) is 19.9 Å². The average Bonchev–Trinajstić information content (AvgIpc) is 2.68. The van der Waals surface area contributed by atoms with Gasteiger partial charge >= 0.3 is 0 Å². The number of nitro groups is 1. The van der Waals surface area contributed by atoms with Gasteiger partial charge in [0, 0.05) is 23.7 Å². The molecule has 0 atom stereocenters. The van der Waals surface area contributed by atoms with Gasteiger partial charge in [-0.1, -0.05) is 31.2 Å². The summed E-state index contributed by atoms with van der Waals surface area (Å²) in [6.07, 6.45) is 2.05. The first-order valence-electron chi connectivity index (χ1n) is 8.61. The second kappa shape index (κ2) is 7.77. The molecule has 1 N–H and O–H groups in total. The van der Waals surface area contributed by atoms with Gasteiger partial charge in [0.15, 0.2) is 0 Å². The van der Waals surface area contributed by atoms with Crippen LogP contribution in [0, 0.1) is 10.1 Å². The van der Waals surface area contributed by atoms with Crippen LogP contribution in [0.1, 0.15) is 25.0 Å². The van der Waals surface area contributed by atoms with E-state index < -0.39 is 4.92 Å². The van der Waals surface area contributed by atoms with Gasteiger partial charge in [-0.2, -0.15) is 5.10 Å². The zero-order valence-corrected chi connectivity index (χ0v) is 15.0. The third-order valence-electron chi connectivity index (χ3n) is 4.24. The molecule has 0 unspecified atom stereocenters. The quantitative estimate of drug-likeness (QED) is 0.410. The largest absolute Gasteiger partial charge is 0.277 e. The van der Waals surface area contributed by atoms with E-state index in [1.165, 1.54) is 16.8 Å². The first-order chi connectivity index (χ1) is 13.0. The molecule has 0 bridgehead atoms. The standard InChI is InChI=1S/C19H19N5O3/c1-3-14-10-9-13(11-17(14)24(26)27)12-20-22-19-21-16-8-6-5-7-15(16)18(25)23(19)4-2/h5-12H,3-4H2,1-2H3,(H,21,22)/b20-12-. The second-order valence-corrected chi connectivity index (χ2v) is 5.87. The highest BCUT2D eigenvalue weighted by molar-refractivity contribution is 5.82. The van der Waals surface area contributed by atoms with Gasteiger partial charge in [-0.3, -0.25) is 19.5 Å². The van der Waals surface area contributed by atoms with Crippen LogP contribution in [0.4, 0.5) is 11.6 Å². The topological polar surface area (TPSA) is 102 Å². The molecule has 0 aliphatic heterocycles. The fourth-order valence-electron chi connectivity index (χ4n) is 2.84. The van der Waals surface area contributed by atoms with Crippen LogP contribution in [0.15, 0.2) is 52.4 Å². The van der Waals surface area contributed by atoms with Crippen molar-refractivity contribution in [1.82, 2.24) is 9.55 Å². The van der Waals surface area contributed by atoms with Crippen molar-refractivity contribution in [1.29, 1.82) is 0 Å². The molecule has 0 saturated carbocycles. The van der Waals surface area contributed by atoms with Crippen LogP contribution in [0.2, 0.25) is 0 Å². The summed E-state index contributed by atoms with van der Waals surface area (Å²) in [6, 6.07) is 12.1. The van der Waals surface area contributed by atoms with Crippen LogP contribution < -0.4 is 11.0 Å². The Labute approximate surface area is 155 Å². The number of aromatic nitrogens is 2. The molecular weight excluding hydrogens is 346 g/mol. The van der Waals surface area contributed by atoms with Crippen LogP contribution >= 0.6 is 0 Å². The lowest BCUT2D eigenvalue weighted by Gasteiger charge is -2.10. The highest BCUT2D eigenvalue weighted by Gasteiger charge is 2.12. The number of para-hydroxylation sites is 1. The van der Waals surface area contributed by atoms with Gasteiger partial charge in [0.1, 0.15) is 0 Å². The fraction of sp³-hybridized carbons (Fsp3) is 0.211. The maximum absolute atomic E-state index is 12.6. The number of rotatable bonds is 6. The molecule has 0 spiro atoms. The summed E-state index contributed by atoms with van der Waals surface area (Å²) in [7, 11) is 0. The lowest BCUT2D eigenvalue weighted by molar-refractivity contribution is -0.385. The van der Waals surface area contributed by atoms with Crippen molar-refractivity contribution in [2.75, 3.05) is 5.43 Å². The Balaban J connectivity index is 1.92. The molecule has 3 rings (SSSR count). The van der Waals surface area contributed by atoms with E-state index in [4.69, 9.17) is 0 Å². The van der Waals surface area contributed by atoms with E-state index in [0.717, 1.165) is 0 Å².